The molecule has 1 N–H and O–H groups in total. The van der Waals surface area contributed by atoms with E-state index in [1.165, 1.54) is 5.56 Å². The molecule has 0 aliphatic heterocycles. The molecule has 0 fully saturated rings. The van der Waals surface area contributed by atoms with Gasteiger partial charge in [0.2, 0.25) is 0 Å². The van der Waals surface area contributed by atoms with Crippen molar-refractivity contribution in [2.75, 3.05) is 13.7 Å². The minimum absolute atomic E-state index is 0.260. The van der Waals surface area contributed by atoms with Gasteiger partial charge in [-0.2, -0.15) is 0 Å². The van der Waals surface area contributed by atoms with Crippen molar-refractivity contribution in [1.82, 2.24) is 5.32 Å². The lowest BCUT2D eigenvalue weighted by Gasteiger charge is -2.16. The first-order valence-corrected chi connectivity index (χ1v) is 7.24. The number of ether oxygens (including phenoxy) is 2. The van der Waals surface area contributed by atoms with Gasteiger partial charge >= 0.3 is 0 Å². The highest BCUT2D eigenvalue weighted by Crippen LogP contribution is 2.17. The summed E-state index contributed by atoms with van der Waals surface area (Å²) in [5, 5.41) is 3.45. The van der Waals surface area contributed by atoms with E-state index in [1.807, 2.05) is 30.3 Å². The molecule has 0 aromatic heterocycles. The van der Waals surface area contributed by atoms with Crippen LogP contribution >= 0.6 is 0 Å². The van der Waals surface area contributed by atoms with Crippen molar-refractivity contribution in [3.63, 3.8) is 0 Å². The van der Waals surface area contributed by atoms with Crippen LogP contribution in [0, 0.1) is 6.92 Å². The summed E-state index contributed by atoms with van der Waals surface area (Å²) < 4.78 is 11.1. The molecule has 0 aliphatic rings. The van der Waals surface area contributed by atoms with Crippen LogP contribution in [-0.4, -0.2) is 19.8 Å². The number of para-hydroxylation sites is 1. The Morgan fingerprint density at radius 1 is 1.05 bits per heavy atom. The number of methoxy groups -OCH3 is 1. The Labute approximate surface area is 126 Å². The van der Waals surface area contributed by atoms with Crippen LogP contribution < -0.4 is 14.8 Å². The van der Waals surface area contributed by atoms with E-state index in [2.05, 4.69) is 37.4 Å². The van der Waals surface area contributed by atoms with Gasteiger partial charge in [-0.15, -0.1) is 0 Å². The summed E-state index contributed by atoms with van der Waals surface area (Å²) in [7, 11) is 1.70. The van der Waals surface area contributed by atoms with E-state index in [9.17, 15) is 0 Å². The van der Waals surface area contributed by atoms with Gasteiger partial charge in [-0.3, -0.25) is 0 Å². The predicted octanol–water partition coefficient (Wildman–Crippen LogP) is 3.56. The second kappa shape index (κ2) is 7.70. The summed E-state index contributed by atoms with van der Waals surface area (Å²) in [6, 6.07) is 16.4. The van der Waals surface area contributed by atoms with Crippen molar-refractivity contribution in [3.05, 3.63) is 59.7 Å². The fourth-order valence-corrected chi connectivity index (χ4v) is 2.05. The highest BCUT2D eigenvalue weighted by atomic mass is 16.5. The molecule has 0 spiro atoms. The zero-order valence-corrected chi connectivity index (χ0v) is 12.9. The number of benzene rings is 2. The highest BCUT2D eigenvalue weighted by molar-refractivity contribution is 5.33. The first-order valence-electron chi connectivity index (χ1n) is 7.24. The summed E-state index contributed by atoms with van der Waals surface area (Å²) in [4.78, 5) is 0. The molecular weight excluding hydrogens is 262 g/mol. The van der Waals surface area contributed by atoms with Crippen LogP contribution in [0.15, 0.2) is 48.5 Å². The Balaban J connectivity index is 1.79. The van der Waals surface area contributed by atoms with E-state index < -0.39 is 0 Å². The second-order valence-electron chi connectivity index (χ2n) is 5.22. The fourth-order valence-electron chi connectivity index (χ4n) is 2.05. The Hall–Kier alpha value is -2.00. The van der Waals surface area contributed by atoms with Crippen LogP contribution in [0.4, 0.5) is 0 Å². The molecule has 2 aromatic rings. The molecule has 3 nitrogen and oxygen atoms in total. The first kappa shape index (κ1) is 15.4. The molecule has 0 radical (unpaired) electrons. The highest BCUT2D eigenvalue weighted by Gasteiger charge is 2.06. The van der Waals surface area contributed by atoms with E-state index >= 15 is 0 Å². The summed E-state index contributed by atoms with van der Waals surface area (Å²) in [6.07, 6.45) is 0. The van der Waals surface area contributed by atoms with Crippen molar-refractivity contribution >= 4 is 0 Å². The normalized spacial score (nSPS) is 12.0. The van der Waals surface area contributed by atoms with Crippen molar-refractivity contribution in [1.29, 1.82) is 0 Å². The molecular formula is C18H23NO2. The molecule has 0 saturated carbocycles. The Bertz CT molecular complexity index is 551. The number of rotatable bonds is 7. The Kier molecular flexibility index (Phi) is 5.64. The maximum atomic E-state index is 5.77. The van der Waals surface area contributed by atoms with Gasteiger partial charge in [-0.05, 0) is 32.0 Å². The van der Waals surface area contributed by atoms with E-state index in [1.54, 1.807) is 7.11 Å². The quantitative estimate of drug-likeness (QED) is 0.843. The molecule has 21 heavy (non-hydrogen) atoms. The molecule has 0 bridgehead atoms. The zero-order chi connectivity index (χ0) is 15.1. The van der Waals surface area contributed by atoms with Crippen LogP contribution in [0.5, 0.6) is 11.5 Å². The van der Waals surface area contributed by atoms with Crippen molar-refractivity contribution in [2.24, 2.45) is 0 Å². The summed E-state index contributed by atoms with van der Waals surface area (Å²) in [5.41, 5.74) is 2.40. The van der Waals surface area contributed by atoms with Gasteiger partial charge in [0.1, 0.15) is 18.1 Å². The largest absolute Gasteiger partial charge is 0.496 e. The van der Waals surface area contributed by atoms with Gasteiger partial charge in [0.25, 0.3) is 0 Å². The Morgan fingerprint density at radius 3 is 2.48 bits per heavy atom. The number of hydrogen-bond acceptors (Lipinski definition) is 3. The molecule has 0 heterocycles. The minimum atomic E-state index is 0.260. The lowest BCUT2D eigenvalue weighted by Crippen LogP contribution is -2.31. The van der Waals surface area contributed by atoms with E-state index in [4.69, 9.17) is 9.47 Å². The molecule has 3 heteroatoms. The molecule has 0 saturated heterocycles. The number of hydrogen-bond donors (Lipinski definition) is 1. The number of aryl methyl sites for hydroxylation is 1. The van der Waals surface area contributed by atoms with Crippen molar-refractivity contribution in [3.8, 4) is 11.5 Å². The van der Waals surface area contributed by atoms with Crippen LogP contribution in [0.25, 0.3) is 0 Å². The van der Waals surface area contributed by atoms with E-state index in [-0.39, 0.29) is 6.04 Å². The molecule has 0 aliphatic carbocycles. The van der Waals surface area contributed by atoms with Crippen LogP contribution in [-0.2, 0) is 6.54 Å². The molecule has 0 amide bonds. The maximum absolute atomic E-state index is 5.77. The van der Waals surface area contributed by atoms with Gasteiger partial charge in [0.05, 0.1) is 7.11 Å². The second-order valence-corrected chi connectivity index (χ2v) is 5.22. The SMILES string of the molecule is COc1ccccc1CNC(C)COc1ccc(C)cc1. The topological polar surface area (TPSA) is 30.5 Å². The standard InChI is InChI=1S/C18H23NO2/c1-14-8-10-17(11-9-14)21-13-15(2)19-12-16-6-4-5-7-18(16)20-3/h4-11,15,19H,12-13H2,1-3H3. The monoisotopic (exact) mass is 285 g/mol. The van der Waals surface area contributed by atoms with E-state index in [0.29, 0.717) is 6.61 Å². The van der Waals surface area contributed by atoms with Gasteiger partial charge in [-0.25, -0.2) is 0 Å². The van der Waals surface area contributed by atoms with Crippen LogP contribution in [0.1, 0.15) is 18.1 Å². The summed E-state index contributed by atoms with van der Waals surface area (Å²) in [5.74, 6) is 1.82. The molecule has 1 unspecified atom stereocenters. The van der Waals surface area contributed by atoms with Gasteiger partial charge in [0.15, 0.2) is 0 Å². The minimum Gasteiger partial charge on any atom is -0.496 e. The summed E-state index contributed by atoms with van der Waals surface area (Å²) >= 11 is 0. The van der Waals surface area contributed by atoms with Gasteiger partial charge in [0, 0.05) is 18.2 Å². The first-order chi connectivity index (χ1) is 10.2. The van der Waals surface area contributed by atoms with Crippen molar-refractivity contribution in [2.45, 2.75) is 26.4 Å². The van der Waals surface area contributed by atoms with Crippen molar-refractivity contribution < 1.29 is 9.47 Å². The smallest absolute Gasteiger partial charge is 0.123 e. The zero-order valence-electron chi connectivity index (χ0n) is 12.9. The van der Waals surface area contributed by atoms with Gasteiger partial charge in [-0.1, -0.05) is 35.9 Å². The molecule has 112 valence electrons. The summed E-state index contributed by atoms with van der Waals surface area (Å²) in [6.45, 7) is 5.59. The predicted molar refractivity (Wildman–Crippen MR) is 86.0 cm³/mol. The van der Waals surface area contributed by atoms with E-state index in [0.717, 1.165) is 23.6 Å². The third-order valence-corrected chi connectivity index (χ3v) is 3.35. The Morgan fingerprint density at radius 2 is 1.76 bits per heavy atom. The van der Waals surface area contributed by atoms with Crippen LogP contribution in [0.3, 0.4) is 0 Å². The molecule has 1 atom stereocenters. The average Bonchev–Trinajstić information content (AvgIpc) is 2.52. The fraction of sp³-hybridized carbons (Fsp3) is 0.333. The molecule has 2 rings (SSSR count). The number of nitrogens with one attached hydrogen (secondary N) is 1. The lowest BCUT2D eigenvalue weighted by atomic mass is 10.2. The average molecular weight is 285 g/mol. The van der Waals surface area contributed by atoms with Crippen LogP contribution in [0.2, 0.25) is 0 Å². The molecule has 2 aromatic carbocycles. The maximum Gasteiger partial charge on any atom is 0.123 e. The lowest BCUT2D eigenvalue weighted by molar-refractivity contribution is 0.272. The van der Waals surface area contributed by atoms with Gasteiger partial charge < -0.3 is 14.8 Å². The third kappa shape index (κ3) is 4.80. The third-order valence-electron chi connectivity index (χ3n) is 3.35.